The summed E-state index contributed by atoms with van der Waals surface area (Å²) < 4.78 is 0. The van der Waals surface area contributed by atoms with E-state index in [1.165, 1.54) is 12.8 Å². The Bertz CT molecular complexity index is 175. The van der Waals surface area contributed by atoms with Gasteiger partial charge in [-0.25, -0.2) is 0 Å². The molecule has 125 valence electrons. The van der Waals surface area contributed by atoms with Gasteiger partial charge in [0.15, 0.2) is 0 Å². The van der Waals surface area contributed by atoms with Crippen LogP contribution in [-0.4, -0.2) is 29.6 Å². The molecule has 0 unspecified atom stereocenters. The van der Waals surface area contributed by atoms with Crippen molar-refractivity contribution in [3.05, 3.63) is 0 Å². The van der Waals surface area contributed by atoms with E-state index in [2.05, 4.69) is 12.2 Å². The Morgan fingerprint density at radius 2 is 1.55 bits per heavy atom. The van der Waals surface area contributed by atoms with Crippen LogP contribution in [0.25, 0.3) is 0 Å². The molecule has 0 saturated carbocycles. The molecule has 1 radical (unpaired) electrons. The predicted molar refractivity (Wildman–Crippen MR) is 84.4 cm³/mol. The molecule has 0 heterocycles. The van der Waals surface area contributed by atoms with Crippen molar-refractivity contribution >= 4 is 5.91 Å². The summed E-state index contributed by atoms with van der Waals surface area (Å²) in [6.45, 7) is 7.28. The Labute approximate surface area is 138 Å². The number of rotatable bonds is 11. The molecule has 1 amide bonds. The monoisotopic (exact) mass is 330 g/mol. The number of carbonyl (C=O) groups is 1. The van der Waals surface area contributed by atoms with Crippen LogP contribution in [0.15, 0.2) is 0 Å². The maximum atomic E-state index is 11.3. The minimum Gasteiger partial charge on any atom is -0.412 e. The third-order valence-electron chi connectivity index (χ3n) is 2.66. The second-order valence-corrected chi connectivity index (χ2v) is 4.30. The molecule has 0 fully saturated rings. The van der Waals surface area contributed by atoms with Crippen molar-refractivity contribution in [1.29, 1.82) is 0 Å². The number of unbranched alkanes of at least 4 members (excludes halogenated alkanes) is 6. The van der Waals surface area contributed by atoms with Crippen molar-refractivity contribution in [2.45, 2.75) is 78.6 Å². The van der Waals surface area contributed by atoms with Gasteiger partial charge in [0.05, 0.1) is 0 Å². The number of aliphatic hydroxyl groups is 1. The zero-order valence-electron chi connectivity index (χ0n) is 13.6. The molecule has 4 nitrogen and oxygen atoms in total. The molecule has 0 rings (SSSR count). The SMILES string of the molecule is CC.CCCCCNC(=O)CCCCCCCO.O.[HH].[V]. The molecule has 0 aromatic carbocycles. The molecule has 5 heteroatoms. The van der Waals surface area contributed by atoms with E-state index in [-0.39, 0.29) is 38.0 Å². The van der Waals surface area contributed by atoms with Crippen LogP contribution in [-0.2, 0) is 23.4 Å². The Kier molecular flexibility index (Phi) is 38.5. The van der Waals surface area contributed by atoms with Crippen LogP contribution in [0.4, 0.5) is 0 Å². The molecular formula is C15H37NO3V. The van der Waals surface area contributed by atoms with Crippen molar-refractivity contribution in [1.82, 2.24) is 5.32 Å². The van der Waals surface area contributed by atoms with Crippen molar-refractivity contribution in [2.24, 2.45) is 0 Å². The number of hydrogen-bond acceptors (Lipinski definition) is 2. The van der Waals surface area contributed by atoms with Crippen LogP contribution in [0.5, 0.6) is 0 Å². The minimum atomic E-state index is 0. The number of carbonyl (C=O) groups excluding carboxylic acids is 1. The van der Waals surface area contributed by atoms with E-state index < -0.39 is 0 Å². The van der Waals surface area contributed by atoms with Crippen LogP contribution < -0.4 is 5.32 Å². The summed E-state index contributed by atoms with van der Waals surface area (Å²) in [5, 5.41) is 11.5. The van der Waals surface area contributed by atoms with Crippen LogP contribution >= 0.6 is 0 Å². The van der Waals surface area contributed by atoms with Crippen molar-refractivity contribution in [3.63, 3.8) is 0 Å². The summed E-state index contributed by atoms with van der Waals surface area (Å²) in [7, 11) is 0. The summed E-state index contributed by atoms with van der Waals surface area (Å²) in [5.41, 5.74) is 0. The van der Waals surface area contributed by atoms with Gasteiger partial charge in [-0.2, -0.15) is 0 Å². The molecule has 20 heavy (non-hydrogen) atoms. The largest absolute Gasteiger partial charge is 0.412 e. The smallest absolute Gasteiger partial charge is 0.219 e. The Morgan fingerprint density at radius 3 is 2.10 bits per heavy atom. The molecule has 0 aliphatic carbocycles. The first-order valence-corrected chi connectivity index (χ1v) is 7.68. The van der Waals surface area contributed by atoms with Crippen molar-refractivity contribution < 1.29 is 35.4 Å². The zero-order valence-corrected chi connectivity index (χ0v) is 15.0. The molecule has 0 bridgehead atoms. The van der Waals surface area contributed by atoms with E-state index >= 15 is 0 Å². The van der Waals surface area contributed by atoms with Gasteiger partial charge < -0.3 is 15.9 Å². The van der Waals surface area contributed by atoms with Gasteiger partial charge in [-0.3, -0.25) is 4.79 Å². The first kappa shape index (κ1) is 28.2. The molecule has 4 N–H and O–H groups in total. The van der Waals surface area contributed by atoms with E-state index in [0.29, 0.717) is 6.42 Å². The summed E-state index contributed by atoms with van der Waals surface area (Å²) in [4.78, 5) is 11.3. The predicted octanol–water partition coefficient (Wildman–Crippen LogP) is 3.07. The maximum Gasteiger partial charge on any atom is 0.219 e. The standard InChI is InChI=1S/C13H27NO2.C2H6.H2O.V.H2/c1-2-3-8-11-14-13(16)10-7-5-4-6-9-12-15;1-2;;;/h15H,2-12H2,1H3,(H,14,16);1-2H3;1H2;;1H. The zero-order chi connectivity index (χ0) is 14.1. The first-order chi connectivity index (χ1) is 8.81. The van der Waals surface area contributed by atoms with Gasteiger partial charge in [0.25, 0.3) is 0 Å². The molecule has 0 aromatic heterocycles. The fourth-order valence-electron chi connectivity index (χ4n) is 1.62. The summed E-state index contributed by atoms with van der Waals surface area (Å²) in [5.74, 6) is 0.193. The number of nitrogens with one attached hydrogen (secondary N) is 1. The van der Waals surface area contributed by atoms with Crippen molar-refractivity contribution in [3.8, 4) is 0 Å². The molecule has 0 aromatic rings. The molecule has 0 spiro atoms. The first-order valence-electron chi connectivity index (χ1n) is 7.68. The van der Waals surface area contributed by atoms with Gasteiger partial charge in [0.1, 0.15) is 0 Å². The average Bonchev–Trinajstić information content (AvgIpc) is 2.41. The Hall–Kier alpha value is -0.0256. The van der Waals surface area contributed by atoms with E-state index in [0.717, 1.165) is 45.1 Å². The third-order valence-corrected chi connectivity index (χ3v) is 2.66. The normalized spacial score (nSPS) is 8.60. The van der Waals surface area contributed by atoms with Gasteiger partial charge >= 0.3 is 0 Å². The van der Waals surface area contributed by atoms with E-state index in [1.807, 2.05) is 13.8 Å². The van der Waals surface area contributed by atoms with Crippen molar-refractivity contribution in [2.75, 3.05) is 13.2 Å². The van der Waals surface area contributed by atoms with Gasteiger partial charge in [0, 0.05) is 39.6 Å². The van der Waals surface area contributed by atoms with Gasteiger partial charge in [-0.1, -0.05) is 52.9 Å². The van der Waals surface area contributed by atoms with Gasteiger partial charge in [0.2, 0.25) is 5.91 Å². The second-order valence-electron chi connectivity index (χ2n) is 4.30. The van der Waals surface area contributed by atoms with Crippen LogP contribution in [0, 0.1) is 0 Å². The minimum absolute atomic E-state index is 0. The second kappa shape index (κ2) is 27.3. The molecule has 0 saturated heterocycles. The van der Waals surface area contributed by atoms with E-state index in [1.54, 1.807) is 0 Å². The molecule has 0 aliphatic heterocycles. The third kappa shape index (κ3) is 26.5. The molecular weight excluding hydrogens is 293 g/mol. The summed E-state index contributed by atoms with van der Waals surface area (Å²) >= 11 is 0. The molecule has 0 atom stereocenters. The van der Waals surface area contributed by atoms with E-state index in [4.69, 9.17) is 5.11 Å². The Balaban J connectivity index is -0.000000163. The quantitative estimate of drug-likeness (QED) is 0.571. The van der Waals surface area contributed by atoms with E-state index in [9.17, 15) is 4.79 Å². The van der Waals surface area contributed by atoms with Gasteiger partial charge in [-0.05, 0) is 19.3 Å². The topological polar surface area (TPSA) is 80.8 Å². The van der Waals surface area contributed by atoms with Crippen LogP contribution in [0.3, 0.4) is 0 Å². The Morgan fingerprint density at radius 1 is 1.00 bits per heavy atom. The van der Waals surface area contributed by atoms with Gasteiger partial charge in [-0.15, -0.1) is 0 Å². The summed E-state index contributed by atoms with van der Waals surface area (Å²) in [6.07, 6.45) is 9.32. The average molecular weight is 330 g/mol. The number of amides is 1. The number of hydrogen-bond donors (Lipinski definition) is 2. The maximum absolute atomic E-state index is 11.3. The fourth-order valence-corrected chi connectivity index (χ4v) is 1.62. The molecule has 0 aliphatic rings. The summed E-state index contributed by atoms with van der Waals surface area (Å²) in [6, 6.07) is 0. The van der Waals surface area contributed by atoms with Crippen LogP contribution in [0.2, 0.25) is 0 Å². The fraction of sp³-hybridized carbons (Fsp3) is 0.933. The van der Waals surface area contributed by atoms with Crippen LogP contribution in [0.1, 0.15) is 80.0 Å². The number of aliphatic hydroxyl groups excluding tert-OH is 1.